The predicted octanol–water partition coefficient (Wildman–Crippen LogP) is -0.907. The Morgan fingerprint density at radius 3 is 2.36 bits per heavy atom. The monoisotopic (exact) mass is 461 g/mol. The van der Waals surface area contributed by atoms with Gasteiger partial charge in [0.05, 0.1) is 6.04 Å². The van der Waals surface area contributed by atoms with Crippen molar-refractivity contribution in [3.8, 4) is 0 Å². The Kier molecular flexibility index (Phi) is 8.92. The number of para-hydroxylation sites is 1. The number of rotatable bonds is 12. The number of aromatic nitrogens is 1. The summed E-state index contributed by atoms with van der Waals surface area (Å²) >= 11 is 0. The van der Waals surface area contributed by atoms with Gasteiger partial charge in [0.2, 0.25) is 17.7 Å². The maximum Gasteiger partial charge on any atom is 0.322 e. The van der Waals surface area contributed by atoms with Crippen LogP contribution in [-0.2, 0) is 30.4 Å². The van der Waals surface area contributed by atoms with Crippen molar-refractivity contribution in [3.05, 3.63) is 36.0 Å². The van der Waals surface area contributed by atoms with Gasteiger partial charge in [0, 0.05) is 23.5 Å². The van der Waals surface area contributed by atoms with E-state index in [1.165, 1.54) is 6.92 Å². The highest BCUT2D eigenvalue weighted by Gasteiger charge is 2.27. The van der Waals surface area contributed by atoms with Gasteiger partial charge >= 0.3 is 11.9 Å². The van der Waals surface area contributed by atoms with Crippen LogP contribution in [0.25, 0.3) is 10.9 Å². The fraction of sp³-hybridized carbons (Fsp3) is 0.381. The van der Waals surface area contributed by atoms with E-state index in [1.807, 2.05) is 24.3 Å². The molecule has 0 fully saturated rings. The number of carboxylic acid groups (broad SMARTS) is 2. The quantitative estimate of drug-likeness (QED) is 0.210. The minimum absolute atomic E-state index is 0.178. The Balaban J connectivity index is 2.02. The van der Waals surface area contributed by atoms with Gasteiger partial charge in [-0.25, -0.2) is 0 Å². The first kappa shape index (κ1) is 25.3. The molecule has 0 radical (unpaired) electrons. The fourth-order valence-corrected chi connectivity index (χ4v) is 3.14. The van der Waals surface area contributed by atoms with E-state index in [2.05, 4.69) is 20.9 Å². The molecule has 0 aliphatic heterocycles. The maximum atomic E-state index is 12.6. The van der Waals surface area contributed by atoms with Crippen LogP contribution in [0.1, 0.15) is 25.3 Å². The summed E-state index contributed by atoms with van der Waals surface area (Å²) < 4.78 is 0. The number of H-pyrrole nitrogens is 1. The third kappa shape index (κ3) is 7.61. The number of fused-ring (bicyclic) bond motifs is 1. The second-order valence-corrected chi connectivity index (χ2v) is 7.51. The molecule has 8 N–H and O–H groups in total. The molecule has 0 bridgehead atoms. The van der Waals surface area contributed by atoms with Gasteiger partial charge in [0.15, 0.2) is 0 Å². The molecule has 0 aliphatic carbocycles. The molecule has 3 atom stereocenters. The number of amides is 3. The zero-order valence-electron chi connectivity index (χ0n) is 18.0. The Bertz CT molecular complexity index is 1030. The van der Waals surface area contributed by atoms with Gasteiger partial charge in [0.25, 0.3) is 0 Å². The molecule has 1 aromatic heterocycles. The summed E-state index contributed by atoms with van der Waals surface area (Å²) in [7, 11) is 0. The van der Waals surface area contributed by atoms with Gasteiger partial charge in [-0.1, -0.05) is 18.2 Å². The number of hydrogen-bond donors (Lipinski definition) is 7. The van der Waals surface area contributed by atoms with Gasteiger partial charge in [-0.3, -0.25) is 24.0 Å². The number of nitrogens with two attached hydrogens (primary N) is 1. The number of carbonyl (C=O) groups excluding carboxylic acids is 3. The first-order valence-corrected chi connectivity index (χ1v) is 10.2. The van der Waals surface area contributed by atoms with Crippen molar-refractivity contribution in [1.82, 2.24) is 20.9 Å². The minimum Gasteiger partial charge on any atom is -0.481 e. The molecule has 12 nitrogen and oxygen atoms in total. The number of carboxylic acids is 2. The maximum absolute atomic E-state index is 12.6. The Hall–Kier alpha value is -3.93. The molecule has 3 amide bonds. The Morgan fingerprint density at radius 1 is 1.00 bits per heavy atom. The number of aromatic amines is 1. The summed E-state index contributed by atoms with van der Waals surface area (Å²) in [5.41, 5.74) is 7.72. The third-order valence-corrected chi connectivity index (χ3v) is 4.90. The second-order valence-electron chi connectivity index (χ2n) is 7.51. The number of nitrogens with one attached hydrogen (secondary N) is 4. The van der Waals surface area contributed by atoms with E-state index in [0.717, 1.165) is 16.5 Å². The highest BCUT2D eigenvalue weighted by Crippen LogP contribution is 2.18. The normalized spacial score (nSPS) is 13.5. The topological polar surface area (TPSA) is 204 Å². The summed E-state index contributed by atoms with van der Waals surface area (Å²) in [4.78, 5) is 61.7. The Labute approximate surface area is 188 Å². The Morgan fingerprint density at radius 2 is 1.70 bits per heavy atom. The van der Waals surface area contributed by atoms with Gasteiger partial charge < -0.3 is 36.9 Å². The second kappa shape index (κ2) is 11.6. The van der Waals surface area contributed by atoms with Crippen LogP contribution >= 0.6 is 0 Å². The zero-order chi connectivity index (χ0) is 24.5. The predicted molar refractivity (Wildman–Crippen MR) is 117 cm³/mol. The largest absolute Gasteiger partial charge is 0.481 e. The summed E-state index contributed by atoms with van der Waals surface area (Å²) in [6, 6.07) is 4.10. The lowest BCUT2D eigenvalue weighted by molar-refractivity contribution is -0.138. The van der Waals surface area contributed by atoms with E-state index in [1.54, 1.807) is 6.20 Å². The van der Waals surface area contributed by atoms with Crippen molar-refractivity contribution in [2.75, 3.05) is 6.54 Å². The molecule has 0 aliphatic rings. The number of benzene rings is 1. The van der Waals surface area contributed by atoms with Crippen molar-refractivity contribution in [2.24, 2.45) is 5.73 Å². The van der Waals surface area contributed by atoms with Crippen LogP contribution < -0.4 is 21.7 Å². The molecule has 0 saturated heterocycles. The summed E-state index contributed by atoms with van der Waals surface area (Å²) in [6.07, 6.45) is 1.28. The van der Waals surface area contributed by atoms with Crippen LogP contribution in [0.3, 0.4) is 0 Å². The molecular weight excluding hydrogens is 434 g/mol. The lowest BCUT2D eigenvalue weighted by Crippen LogP contribution is -2.55. The van der Waals surface area contributed by atoms with Crippen molar-refractivity contribution in [1.29, 1.82) is 0 Å². The van der Waals surface area contributed by atoms with Gasteiger partial charge in [-0.2, -0.15) is 0 Å². The molecule has 178 valence electrons. The first-order chi connectivity index (χ1) is 15.6. The lowest BCUT2D eigenvalue weighted by Gasteiger charge is -2.22. The SMILES string of the molecule is CC(NC(=O)C(CCC(=O)O)NC(=O)C(N)Cc1c[nH]c2ccccc12)C(=O)NCC(=O)O. The number of hydrogen-bond acceptors (Lipinski definition) is 6. The van der Waals surface area contributed by atoms with Crippen molar-refractivity contribution in [3.63, 3.8) is 0 Å². The van der Waals surface area contributed by atoms with Crippen LogP contribution in [0.15, 0.2) is 30.5 Å². The van der Waals surface area contributed by atoms with Crippen molar-refractivity contribution in [2.45, 2.75) is 44.3 Å². The minimum atomic E-state index is -1.25. The molecule has 1 heterocycles. The van der Waals surface area contributed by atoms with Crippen LogP contribution in [0.4, 0.5) is 0 Å². The molecule has 12 heteroatoms. The van der Waals surface area contributed by atoms with E-state index in [0.29, 0.717) is 0 Å². The molecule has 1 aromatic carbocycles. The van der Waals surface area contributed by atoms with Crippen LogP contribution in [0.5, 0.6) is 0 Å². The smallest absolute Gasteiger partial charge is 0.322 e. The van der Waals surface area contributed by atoms with Crippen LogP contribution in [0.2, 0.25) is 0 Å². The van der Waals surface area contributed by atoms with E-state index in [4.69, 9.17) is 15.9 Å². The van der Waals surface area contributed by atoms with Crippen LogP contribution in [0, 0.1) is 0 Å². The molecular formula is C21H27N5O7. The van der Waals surface area contributed by atoms with E-state index in [9.17, 15) is 24.0 Å². The molecule has 3 unspecified atom stereocenters. The number of carbonyl (C=O) groups is 5. The fourth-order valence-electron chi connectivity index (χ4n) is 3.14. The average molecular weight is 461 g/mol. The molecule has 2 rings (SSSR count). The molecule has 33 heavy (non-hydrogen) atoms. The molecule has 2 aromatic rings. The van der Waals surface area contributed by atoms with E-state index < -0.39 is 60.8 Å². The lowest BCUT2D eigenvalue weighted by atomic mass is 10.0. The summed E-state index contributed by atoms with van der Waals surface area (Å²) in [5, 5.41) is 25.4. The van der Waals surface area contributed by atoms with E-state index in [-0.39, 0.29) is 12.8 Å². The summed E-state index contributed by atoms with van der Waals surface area (Å²) in [5.74, 6) is -4.61. The first-order valence-electron chi connectivity index (χ1n) is 10.2. The highest BCUT2D eigenvalue weighted by molar-refractivity contribution is 5.94. The number of aliphatic carboxylic acids is 2. The van der Waals surface area contributed by atoms with Gasteiger partial charge in [0.1, 0.15) is 18.6 Å². The highest BCUT2D eigenvalue weighted by atomic mass is 16.4. The molecule has 0 saturated carbocycles. The van der Waals surface area contributed by atoms with Gasteiger partial charge in [-0.15, -0.1) is 0 Å². The summed E-state index contributed by atoms with van der Waals surface area (Å²) in [6.45, 7) is 0.703. The zero-order valence-corrected chi connectivity index (χ0v) is 18.0. The standard InChI is InChI=1S/C21H27N5O7/c1-11(19(31)24-10-18(29)30)25-21(33)16(6-7-17(27)28)26-20(32)14(22)8-12-9-23-15-5-3-2-4-13(12)15/h2-5,9,11,14,16,23H,6-8,10,22H2,1H3,(H,24,31)(H,25,33)(H,26,32)(H,27,28)(H,29,30). The molecule has 0 spiro atoms. The third-order valence-electron chi connectivity index (χ3n) is 4.90. The van der Waals surface area contributed by atoms with Crippen molar-refractivity contribution >= 4 is 40.6 Å². The van der Waals surface area contributed by atoms with Crippen molar-refractivity contribution < 1.29 is 34.2 Å². The average Bonchev–Trinajstić information content (AvgIpc) is 3.17. The van der Waals surface area contributed by atoms with E-state index >= 15 is 0 Å². The van der Waals surface area contributed by atoms with Gasteiger partial charge in [-0.05, 0) is 31.4 Å². The van der Waals surface area contributed by atoms with Crippen LogP contribution in [-0.4, -0.2) is 69.5 Å².